The van der Waals surface area contributed by atoms with Crippen LogP contribution in [0.5, 0.6) is 0 Å². The monoisotopic (exact) mass is 644 g/mol. The smallest absolute Gasteiger partial charge is 0.379 e. The van der Waals surface area contributed by atoms with Gasteiger partial charge in [0.1, 0.15) is 0 Å². The van der Waals surface area contributed by atoms with Crippen molar-refractivity contribution in [2.24, 2.45) is 10.8 Å². The van der Waals surface area contributed by atoms with Crippen LogP contribution in [0.1, 0.15) is 116 Å². The largest absolute Gasteiger partial charge is 0.463 e. The van der Waals surface area contributed by atoms with E-state index < -0.39 is 20.1 Å². The number of allylic oxidation sites excluding steroid dienone is 4. The van der Waals surface area contributed by atoms with Gasteiger partial charge in [-0.05, 0) is 97.8 Å². The van der Waals surface area contributed by atoms with Gasteiger partial charge in [-0.25, -0.2) is 4.79 Å². The van der Waals surface area contributed by atoms with Gasteiger partial charge in [0.15, 0.2) is 8.32 Å². The third-order valence-corrected chi connectivity index (χ3v) is 15.7. The molecule has 3 rings (SSSR count). The first kappa shape index (κ1) is 37.7. The first-order valence-corrected chi connectivity index (χ1v) is 20.1. The molecular formula is C41H60O4Si. The summed E-state index contributed by atoms with van der Waals surface area (Å²) in [6, 6.07) is 14.2. The average Bonchev–Trinajstić information content (AvgIpc) is 2.98. The number of methoxy groups -OCH3 is 1. The number of carbonyl (C=O) groups excluding carboxylic acids is 2. The maximum absolute atomic E-state index is 12.5. The summed E-state index contributed by atoms with van der Waals surface area (Å²) >= 11 is 0. The second kappa shape index (κ2) is 14.2. The van der Waals surface area contributed by atoms with Crippen LogP contribution >= 0.6 is 0 Å². The molecule has 2 aromatic carbocycles. The van der Waals surface area contributed by atoms with Crippen LogP contribution in [0.2, 0.25) is 18.1 Å². The van der Waals surface area contributed by atoms with Crippen LogP contribution in [0.15, 0.2) is 66.3 Å². The van der Waals surface area contributed by atoms with E-state index in [0.29, 0.717) is 5.56 Å². The third kappa shape index (κ3) is 7.68. The van der Waals surface area contributed by atoms with Gasteiger partial charge in [-0.2, -0.15) is 0 Å². The highest BCUT2D eigenvalue weighted by molar-refractivity contribution is 6.74. The van der Waals surface area contributed by atoms with Crippen molar-refractivity contribution in [1.29, 1.82) is 0 Å². The van der Waals surface area contributed by atoms with Gasteiger partial charge in [-0.1, -0.05) is 116 Å². The van der Waals surface area contributed by atoms with Crippen molar-refractivity contribution < 1.29 is 18.8 Å². The lowest BCUT2D eigenvalue weighted by Gasteiger charge is -2.52. The average molecular weight is 645 g/mol. The molecule has 1 aliphatic rings. The molecule has 2 aromatic rings. The molecule has 0 saturated carbocycles. The quantitative estimate of drug-likeness (QED) is 0.0998. The van der Waals surface area contributed by atoms with Crippen molar-refractivity contribution in [2.45, 2.75) is 131 Å². The first-order chi connectivity index (χ1) is 21.3. The number of esters is 1. The SMILES string of the molecule is CCC(CC)(c1ccc(-c2cccc(C(=O)C(=O)OC)c2)c(C)c1)C1(CCC(O[Si](C)(C)C(C)(C)C)C(C)(C)C)C=CC=C(C)C1. The molecule has 0 aliphatic heterocycles. The topological polar surface area (TPSA) is 52.6 Å². The molecule has 2 atom stereocenters. The van der Waals surface area contributed by atoms with E-state index in [0.717, 1.165) is 48.8 Å². The van der Waals surface area contributed by atoms with Gasteiger partial charge in [0, 0.05) is 22.5 Å². The molecule has 0 saturated heterocycles. The molecule has 0 N–H and O–H groups in total. The summed E-state index contributed by atoms with van der Waals surface area (Å²) in [7, 11) is -0.738. The van der Waals surface area contributed by atoms with Gasteiger partial charge in [0.25, 0.3) is 5.78 Å². The van der Waals surface area contributed by atoms with Crippen LogP contribution in [0.4, 0.5) is 0 Å². The maximum atomic E-state index is 12.5. The van der Waals surface area contributed by atoms with Crippen LogP contribution in [-0.2, 0) is 19.4 Å². The van der Waals surface area contributed by atoms with E-state index in [1.807, 2.05) is 12.1 Å². The van der Waals surface area contributed by atoms with E-state index in [4.69, 9.17) is 4.43 Å². The van der Waals surface area contributed by atoms with Gasteiger partial charge >= 0.3 is 5.97 Å². The van der Waals surface area contributed by atoms with Crippen LogP contribution in [0, 0.1) is 17.8 Å². The second-order valence-electron chi connectivity index (χ2n) is 16.2. The Hall–Kier alpha value is -2.76. The molecule has 4 nitrogen and oxygen atoms in total. The Morgan fingerprint density at radius 1 is 0.957 bits per heavy atom. The van der Waals surface area contributed by atoms with Crippen molar-refractivity contribution in [3.63, 3.8) is 0 Å². The molecule has 46 heavy (non-hydrogen) atoms. The summed E-state index contributed by atoms with van der Waals surface area (Å²) in [4.78, 5) is 24.5. The fourth-order valence-corrected chi connectivity index (χ4v) is 8.85. The summed E-state index contributed by atoms with van der Waals surface area (Å²) in [5.74, 6) is -1.48. The lowest BCUT2D eigenvalue weighted by Crippen LogP contribution is -2.49. The summed E-state index contributed by atoms with van der Waals surface area (Å²) < 4.78 is 11.9. The van der Waals surface area contributed by atoms with Crippen LogP contribution in [-0.4, -0.2) is 33.3 Å². The van der Waals surface area contributed by atoms with E-state index in [1.165, 1.54) is 18.2 Å². The highest BCUT2D eigenvalue weighted by Crippen LogP contribution is 2.57. The molecule has 0 aromatic heterocycles. The Morgan fingerprint density at radius 2 is 1.61 bits per heavy atom. The molecule has 5 heteroatoms. The van der Waals surface area contributed by atoms with Crippen molar-refractivity contribution in [2.75, 3.05) is 7.11 Å². The Morgan fingerprint density at radius 3 is 2.13 bits per heavy atom. The first-order valence-electron chi connectivity index (χ1n) is 17.1. The number of hydrogen-bond donors (Lipinski definition) is 0. The van der Waals surface area contributed by atoms with Gasteiger partial charge in [0.05, 0.1) is 7.11 Å². The zero-order valence-electron chi connectivity index (χ0n) is 31.0. The zero-order chi connectivity index (χ0) is 34.7. The predicted molar refractivity (Wildman–Crippen MR) is 196 cm³/mol. The predicted octanol–water partition coefficient (Wildman–Crippen LogP) is 11.2. The van der Waals surface area contributed by atoms with Gasteiger partial charge in [0.2, 0.25) is 0 Å². The summed E-state index contributed by atoms with van der Waals surface area (Å²) in [5.41, 5.74) is 6.14. The Kier molecular flexibility index (Phi) is 11.6. The highest BCUT2D eigenvalue weighted by atomic mass is 28.4. The second-order valence-corrected chi connectivity index (χ2v) is 21.0. The highest BCUT2D eigenvalue weighted by Gasteiger charge is 2.50. The number of ether oxygens (including phenoxy) is 1. The maximum Gasteiger partial charge on any atom is 0.379 e. The zero-order valence-corrected chi connectivity index (χ0v) is 32.0. The fourth-order valence-electron chi connectivity index (χ4n) is 7.32. The molecule has 0 spiro atoms. The standard InChI is InChI=1S/C41H60O4Si/c1-14-41(15-2,33-21-22-34(30(4)26-33)31-19-16-20-32(27-31)36(42)37(43)44-11)40(24-17-18-29(3)28-40)25-23-35(38(5,6)7)45-46(12,13)39(8,9)10/h16-22,24,26-27,35H,14-15,23,25,28H2,1-13H3. The van der Waals surface area contributed by atoms with Crippen molar-refractivity contribution >= 4 is 20.1 Å². The Bertz CT molecular complexity index is 1460. The number of rotatable bonds is 12. The van der Waals surface area contributed by atoms with Crippen molar-refractivity contribution in [3.05, 3.63) is 83.0 Å². The number of aryl methyl sites for hydroxylation is 1. The van der Waals surface area contributed by atoms with Crippen molar-refractivity contribution in [3.8, 4) is 11.1 Å². The molecule has 2 unspecified atom stereocenters. The molecular weight excluding hydrogens is 585 g/mol. The molecule has 0 bridgehead atoms. The van der Waals surface area contributed by atoms with E-state index >= 15 is 0 Å². The summed E-state index contributed by atoms with van der Waals surface area (Å²) in [5, 5.41) is 0.153. The van der Waals surface area contributed by atoms with Gasteiger partial charge in [-0.3, -0.25) is 4.79 Å². The molecule has 0 amide bonds. The fraction of sp³-hybridized carbons (Fsp3) is 0.561. The third-order valence-electron chi connectivity index (χ3n) is 11.2. The molecule has 252 valence electrons. The minimum atomic E-state index is -1.97. The Balaban J connectivity index is 2.09. The van der Waals surface area contributed by atoms with Crippen LogP contribution < -0.4 is 0 Å². The number of hydrogen-bond acceptors (Lipinski definition) is 4. The van der Waals surface area contributed by atoms with Crippen LogP contribution in [0.25, 0.3) is 11.1 Å². The Labute approximate surface area is 281 Å². The molecule has 0 heterocycles. The van der Waals surface area contributed by atoms with E-state index in [1.54, 1.807) is 12.1 Å². The van der Waals surface area contributed by atoms with Crippen molar-refractivity contribution in [1.82, 2.24) is 0 Å². The number of Topliss-reactive ketones (excluding diaryl/α,β-unsaturated/α-hetero) is 1. The minimum absolute atomic E-state index is 0.0308. The van der Waals surface area contributed by atoms with E-state index in [2.05, 4.69) is 123 Å². The summed E-state index contributed by atoms with van der Waals surface area (Å²) in [6.45, 7) is 27.9. The van der Waals surface area contributed by atoms with Crippen LogP contribution in [0.3, 0.4) is 0 Å². The number of benzene rings is 2. The van der Waals surface area contributed by atoms with Gasteiger partial charge in [-0.15, -0.1) is 0 Å². The molecule has 0 fully saturated rings. The number of ketones is 1. The van der Waals surface area contributed by atoms with E-state index in [9.17, 15) is 9.59 Å². The van der Waals surface area contributed by atoms with Gasteiger partial charge < -0.3 is 9.16 Å². The summed E-state index contributed by atoms with van der Waals surface area (Å²) in [6.07, 6.45) is 12.4. The molecule has 0 radical (unpaired) electrons. The lowest BCUT2D eigenvalue weighted by atomic mass is 9.52. The number of carbonyl (C=O) groups is 2. The molecule has 1 aliphatic carbocycles. The normalized spacial score (nSPS) is 18.2. The lowest BCUT2D eigenvalue weighted by molar-refractivity contribution is -0.135. The minimum Gasteiger partial charge on any atom is -0.463 e. The van der Waals surface area contributed by atoms with E-state index in [-0.39, 0.29) is 27.4 Å².